The number of nitrogens with one attached hydrogen (secondary N) is 1. The Balaban J connectivity index is 1.93. The molecule has 2 saturated carbocycles. The summed E-state index contributed by atoms with van der Waals surface area (Å²) in [5.41, 5.74) is 0. The normalized spacial score (nSPS) is 31.3. The molecule has 0 saturated heterocycles. The van der Waals surface area contributed by atoms with Crippen LogP contribution in [0.1, 0.15) is 51.9 Å². The molecule has 0 heterocycles. The van der Waals surface area contributed by atoms with E-state index in [0.29, 0.717) is 24.8 Å². The molecule has 1 N–H and O–H groups in total. The standard InChI is InChI=1S/C14H24F3N/c1-2-8-18-13(10-6-7-10)11-4-3-5-12(9-11)14(15,16)17/h10-13,18H,2-9H2,1H3. The second kappa shape index (κ2) is 5.81. The third kappa shape index (κ3) is 3.62. The fourth-order valence-corrected chi connectivity index (χ4v) is 3.34. The molecule has 18 heavy (non-hydrogen) atoms. The van der Waals surface area contributed by atoms with Crippen LogP contribution in [0.3, 0.4) is 0 Å². The predicted octanol–water partition coefficient (Wildman–Crippen LogP) is 4.13. The molecular weight excluding hydrogens is 239 g/mol. The average molecular weight is 263 g/mol. The molecule has 2 aliphatic rings. The van der Waals surface area contributed by atoms with Crippen molar-refractivity contribution in [2.24, 2.45) is 17.8 Å². The molecule has 0 aliphatic heterocycles. The van der Waals surface area contributed by atoms with Crippen LogP contribution in [0.15, 0.2) is 0 Å². The molecule has 0 amide bonds. The highest BCUT2D eigenvalue weighted by atomic mass is 19.4. The number of hydrogen-bond acceptors (Lipinski definition) is 1. The zero-order valence-electron chi connectivity index (χ0n) is 11.1. The summed E-state index contributed by atoms with van der Waals surface area (Å²) in [6, 6.07) is 0.343. The van der Waals surface area contributed by atoms with Gasteiger partial charge in [0.05, 0.1) is 5.92 Å². The van der Waals surface area contributed by atoms with Gasteiger partial charge in [-0.1, -0.05) is 13.3 Å². The maximum absolute atomic E-state index is 12.8. The Morgan fingerprint density at radius 2 is 1.83 bits per heavy atom. The Hall–Kier alpha value is -0.250. The van der Waals surface area contributed by atoms with Gasteiger partial charge in [0.25, 0.3) is 0 Å². The molecule has 2 fully saturated rings. The van der Waals surface area contributed by atoms with Crippen LogP contribution in [-0.2, 0) is 0 Å². The van der Waals surface area contributed by atoms with Gasteiger partial charge in [0, 0.05) is 6.04 Å². The van der Waals surface area contributed by atoms with Crippen LogP contribution in [0.4, 0.5) is 13.2 Å². The molecule has 4 heteroatoms. The van der Waals surface area contributed by atoms with E-state index in [-0.39, 0.29) is 5.92 Å². The van der Waals surface area contributed by atoms with Crippen molar-refractivity contribution in [3.05, 3.63) is 0 Å². The minimum absolute atomic E-state index is 0.240. The van der Waals surface area contributed by atoms with Crippen molar-refractivity contribution in [2.75, 3.05) is 6.54 Å². The van der Waals surface area contributed by atoms with E-state index in [4.69, 9.17) is 0 Å². The lowest BCUT2D eigenvalue weighted by Gasteiger charge is -2.36. The van der Waals surface area contributed by atoms with Gasteiger partial charge in [0.1, 0.15) is 0 Å². The van der Waals surface area contributed by atoms with E-state index in [9.17, 15) is 13.2 Å². The van der Waals surface area contributed by atoms with Crippen molar-refractivity contribution in [3.8, 4) is 0 Å². The lowest BCUT2D eigenvalue weighted by atomic mass is 9.76. The maximum Gasteiger partial charge on any atom is 0.391 e. The summed E-state index contributed by atoms with van der Waals surface area (Å²) in [6.07, 6.45) is 1.88. The van der Waals surface area contributed by atoms with E-state index in [1.165, 1.54) is 12.8 Å². The van der Waals surface area contributed by atoms with Crippen molar-refractivity contribution >= 4 is 0 Å². The van der Waals surface area contributed by atoms with E-state index in [2.05, 4.69) is 12.2 Å². The molecule has 0 bridgehead atoms. The summed E-state index contributed by atoms with van der Waals surface area (Å²) in [6.45, 7) is 3.05. The first-order chi connectivity index (χ1) is 8.52. The van der Waals surface area contributed by atoms with Crippen molar-refractivity contribution in [3.63, 3.8) is 0 Å². The van der Waals surface area contributed by atoms with Gasteiger partial charge in [-0.05, 0) is 56.9 Å². The number of halogens is 3. The Bertz CT molecular complexity index is 260. The summed E-state index contributed by atoms with van der Waals surface area (Å²) in [7, 11) is 0. The highest BCUT2D eigenvalue weighted by Gasteiger charge is 2.45. The average Bonchev–Trinajstić information content (AvgIpc) is 3.13. The van der Waals surface area contributed by atoms with Crippen molar-refractivity contribution in [1.82, 2.24) is 5.32 Å². The summed E-state index contributed by atoms with van der Waals surface area (Å²) < 4.78 is 38.5. The van der Waals surface area contributed by atoms with Crippen LogP contribution in [0.25, 0.3) is 0 Å². The fourth-order valence-electron chi connectivity index (χ4n) is 3.34. The van der Waals surface area contributed by atoms with Gasteiger partial charge in [-0.3, -0.25) is 0 Å². The Morgan fingerprint density at radius 3 is 2.39 bits per heavy atom. The third-order valence-electron chi connectivity index (χ3n) is 4.45. The smallest absolute Gasteiger partial charge is 0.313 e. The number of hydrogen-bond donors (Lipinski definition) is 1. The maximum atomic E-state index is 12.8. The van der Waals surface area contributed by atoms with Gasteiger partial charge in [-0.15, -0.1) is 0 Å². The minimum atomic E-state index is -3.99. The minimum Gasteiger partial charge on any atom is -0.313 e. The molecule has 1 nitrogen and oxygen atoms in total. The van der Waals surface area contributed by atoms with E-state index in [1.807, 2.05) is 0 Å². The molecule has 3 atom stereocenters. The summed E-state index contributed by atoms with van der Waals surface area (Å²) in [5, 5.41) is 3.51. The van der Waals surface area contributed by atoms with E-state index in [0.717, 1.165) is 25.8 Å². The summed E-state index contributed by atoms with van der Waals surface area (Å²) >= 11 is 0. The lowest BCUT2D eigenvalue weighted by Crippen LogP contribution is -2.42. The first-order valence-corrected chi connectivity index (χ1v) is 7.32. The second-order valence-electron chi connectivity index (χ2n) is 5.98. The molecule has 0 aromatic carbocycles. The summed E-state index contributed by atoms with van der Waals surface area (Å²) in [4.78, 5) is 0. The first-order valence-electron chi connectivity index (χ1n) is 7.32. The quantitative estimate of drug-likeness (QED) is 0.786. The van der Waals surface area contributed by atoms with Crippen molar-refractivity contribution in [1.29, 1.82) is 0 Å². The first kappa shape index (κ1) is 14.2. The van der Waals surface area contributed by atoms with E-state index < -0.39 is 12.1 Å². The highest BCUT2D eigenvalue weighted by molar-refractivity contribution is 4.93. The van der Waals surface area contributed by atoms with Crippen molar-refractivity contribution < 1.29 is 13.2 Å². The van der Waals surface area contributed by atoms with E-state index >= 15 is 0 Å². The van der Waals surface area contributed by atoms with Crippen LogP contribution in [-0.4, -0.2) is 18.8 Å². The van der Waals surface area contributed by atoms with Gasteiger partial charge in [0.2, 0.25) is 0 Å². The molecule has 0 spiro atoms. The Kier molecular flexibility index (Phi) is 4.57. The van der Waals surface area contributed by atoms with Crippen LogP contribution < -0.4 is 5.32 Å². The second-order valence-corrected chi connectivity index (χ2v) is 5.98. The molecular formula is C14H24F3N. The predicted molar refractivity (Wildman–Crippen MR) is 66.3 cm³/mol. The van der Waals surface area contributed by atoms with Gasteiger partial charge in [-0.2, -0.15) is 13.2 Å². The van der Waals surface area contributed by atoms with Gasteiger partial charge in [-0.25, -0.2) is 0 Å². The number of rotatable bonds is 5. The molecule has 0 aromatic rings. The Morgan fingerprint density at radius 1 is 1.11 bits per heavy atom. The van der Waals surface area contributed by atoms with Gasteiger partial charge in [0.15, 0.2) is 0 Å². The highest BCUT2D eigenvalue weighted by Crippen LogP contribution is 2.45. The van der Waals surface area contributed by atoms with Crippen LogP contribution in [0.5, 0.6) is 0 Å². The summed E-state index contributed by atoms with van der Waals surface area (Å²) in [5.74, 6) is -0.168. The molecule has 3 unspecified atom stereocenters. The molecule has 2 aliphatic carbocycles. The molecule has 106 valence electrons. The van der Waals surface area contributed by atoms with Crippen molar-refractivity contribution in [2.45, 2.75) is 64.1 Å². The fraction of sp³-hybridized carbons (Fsp3) is 1.00. The van der Waals surface area contributed by atoms with Crippen LogP contribution in [0.2, 0.25) is 0 Å². The number of alkyl halides is 3. The molecule has 2 rings (SSSR count). The van der Waals surface area contributed by atoms with Gasteiger partial charge < -0.3 is 5.32 Å². The van der Waals surface area contributed by atoms with Gasteiger partial charge >= 0.3 is 6.18 Å². The topological polar surface area (TPSA) is 12.0 Å². The monoisotopic (exact) mass is 263 g/mol. The zero-order valence-corrected chi connectivity index (χ0v) is 11.1. The largest absolute Gasteiger partial charge is 0.391 e. The SMILES string of the molecule is CCCNC(C1CC1)C1CCCC(C(F)(F)F)C1. The Labute approximate surface area is 108 Å². The lowest BCUT2D eigenvalue weighted by molar-refractivity contribution is -0.186. The molecule has 0 aromatic heterocycles. The van der Waals surface area contributed by atoms with Crippen LogP contribution in [0, 0.1) is 17.8 Å². The van der Waals surface area contributed by atoms with Crippen LogP contribution >= 0.6 is 0 Å². The zero-order chi connectivity index (χ0) is 13.2. The van der Waals surface area contributed by atoms with E-state index in [1.54, 1.807) is 0 Å². The third-order valence-corrected chi connectivity index (χ3v) is 4.45. The molecule has 0 radical (unpaired) electrons.